The molecule has 0 aliphatic heterocycles. The fourth-order valence-electron chi connectivity index (χ4n) is 1.71. The lowest BCUT2D eigenvalue weighted by Crippen LogP contribution is -2.17. The predicted octanol–water partition coefficient (Wildman–Crippen LogP) is 3.21. The third-order valence-electron chi connectivity index (χ3n) is 2.76. The molecule has 2 N–H and O–H groups in total. The highest BCUT2D eigenvalue weighted by molar-refractivity contribution is 6.32. The van der Waals surface area contributed by atoms with Crippen molar-refractivity contribution in [1.29, 1.82) is 0 Å². The van der Waals surface area contributed by atoms with Gasteiger partial charge in [0.2, 0.25) is 0 Å². The van der Waals surface area contributed by atoms with Crippen LogP contribution in [-0.2, 0) is 0 Å². The summed E-state index contributed by atoms with van der Waals surface area (Å²) in [6, 6.07) is 11.1. The molecule has 0 atom stereocenters. The number of carbonyl (C=O) groups excluding carboxylic acids is 1. The zero-order valence-electron chi connectivity index (χ0n) is 11.9. The van der Waals surface area contributed by atoms with Crippen molar-refractivity contribution in [2.75, 3.05) is 6.61 Å². The van der Waals surface area contributed by atoms with Gasteiger partial charge in [-0.05, 0) is 55.0 Å². The van der Waals surface area contributed by atoms with Gasteiger partial charge < -0.3 is 9.84 Å². The van der Waals surface area contributed by atoms with Gasteiger partial charge in [0, 0.05) is 5.56 Å². The molecule has 5 nitrogen and oxygen atoms in total. The maximum atomic E-state index is 11.8. The zero-order chi connectivity index (χ0) is 15.9. The first-order valence-electron chi connectivity index (χ1n) is 6.65. The van der Waals surface area contributed by atoms with Crippen LogP contribution >= 0.6 is 11.6 Å². The second-order valence-corrected chi connectivity index (χ2v) is 4.78. The van der Waals surface area contributed by atoms with Crippen molar-refractivity contribution in [1.82, 2.24) is 5.43 Å². The van der Waals surface area contributed by atoms with Crippen LogP contribution in [0.4, 0.5) is 0 Å². The molecule has 2 aromatic rings. The molecule has 0 aromatic heterocycles. The monoisotopic (exact) mass is 318 g/mol. The molecular weight excluding hydrogens is 304 g/mol. The number of nitrogens with zero attached hydrogens (tertiary/aromatic N) is 1. The number of nitrogens with one attached hydrogen (secondary N) is 1. The molecule has 0 aliphatic carbocycles. The fourth-order valence-corrected chi connectivity index (χ4v) is 1.96. The van der Waals surface area contributed by atoms with E-state index in [2.05, 4.69) is 10.5 Å². The summed E-state index contributed by atoms with van der Waals surface area (Å²) in [7, 11) is 0. The summed E-state index contributed by atoms with van der Waals surface area (Å²) in [6.07, 6.45) is 1.49. The van der Waals surface area contributed by atoms with E-state index in [1.807, 2.05) is 6.92 Å². The van der Waals surface area contributed by atoms with Crippen molar-refractivity contribution in [3.63, 3.8) is 0 Å². The first-order chi connectivity index (χ1) is 10.6. The van der Waals surface area contributed by atoms with E-state index in [1.165, 1.54) is 30.5 Å². The molecular formula is C16H15ClN2O3. The number of rotatable bonds is 5. The molecule has 22 heavy (non-hydrogen) atoms. The number of phenols is 1. The third-order valence-corrected chi connectivity index (χ3v) is 3.06. The van der Waals surface area contributed by atoms with E-state index < -0.39 is 0 Å². The van der Waals surface area contributed by atoms with Gasteiger partial charge in [-0.15, -0.1) is 0 Å². The van der Waals surface area contributed by atoms with E-state index >= 15 is 0 Å². The van der Waals surface area contributed by atoms with Crippen LogP contribution in [0, 0.1) is 0 Å². The zero-order valence-corrected chi connectivity index (χ0v) is 12.7. The molecule has 0 saturated heterocycles. The maximum absolute atomic E-state index is 11.8. The van der Waals surface area contributed by atoms with Crippen LogP contribution in [0.1, 0.15) is 22.8 Å². The molecule has 0 saturated carbocycles. The van der Waals surface area contributed by atoms with Crippen molar-refractivity contribution in [2.24, 2.45) is 5.10 Å². The van der Waals surface area contributed by atoms with Crippen molar-refractivity contribution in [2.45, 2.75) is 6.92 Å². The van der Waals surface area contributed by atoms with Crippen molar-refractivity contribution < 1.29 is 14.6 Å². The average molecular weight is 319 g/mol. The van der Waals surface area contributed by atoms with E-state index in [0.29, 0.717) is 22.9 Å². The lowest BCUT2D eigenvalue weighted by Gasteiger charge is -2.05. The standard InChI is InChI=1S/C16H15ClN2O3/c1-2-22-15-8-3-11(9-14(15)17)10-18-19-16(21)12-4-6-13(20)7-5-12/h3-10,20H,2H2,1H3,(H,19,21)/b18-10-. The Morgan fingerprint density at radius 2 is 2.05 bits per heavy atom. The molecule has 0 spiro atoms. The van der Waals surface area contributed by atoms with Crippen LogP contribution in [0.15, 0.2) is 47.6 Å². The Labute approximate surface area is 133 Å². The van der Waals surface area contributed by atoms with Gasteiger partial charge in [-0.3, -0.25) is 4.79 Å². The number of carbonyl (C=O) groups is 1. The van der Waals surface area contributed by atoms with Gasteiger partial charge >= 0.3 is 0 Å². The number of benzene rings is 2. The Balaban J connectivity index is 1.98. The van der Waals surface area contributed by atoms with Gasteiger partial charge in [0.05, 0.1) is 17.8 Å². The number of aromatic hydroxyl groups is 1. The number of hydrogen-bond acceptors (Lipinski definition) is 4. The Morgan fingerprint density at radius 3 is 2.68 bits per heavy atom. The highest BCUT2D eigenvalue weighted by Gasteiger charge is 2.04. The quantitative estimate of drug-likeness (QED) is 0.657. The summed E-state index contributed by atoms with van der Waals surface area (Å²) in [5.74, 6) is 0.340. The summed E-state index contributed by atoms with van der Waals surface area (Å²) in [6.45, 7) is 2.42. The SMILES string of the molecule is CCOc1ccc(/C=N\NC(=O)c2ccc(O)cc2)cc1Cl. The highest BCUT2D eigenvalue weighted by Crippen LogP contribution is 2.24. The van der Waals surface area contributed by atoms with Gasteiger partial charge in [0.15, 0.2) is 0 Å². The topological polar surface area (TPSA) is 70.9 Å². The first-order valence-corrected chi connectivity index (χ1v) is 7.02. The van der Waals surface area contributed by atoms with Gasteiger partial charge in [-0.2, -0.15) is 5.10 Å². The minimum Gasteiger partial charge on any atom is -0.508 e. The predicted molar refractivity (Wildman–Crippen MR) is 85.8 cm³/mol. The van der Waals surface area contributed by atoms with Crippen LogP contribution < -0.4 is 10.2 Å². The Hall–Kier alpha value is -2.53. The number of phenolic OH excluding ortho intramolecular Hbond substituents is 1. The minimum atomic E-state index is -0.367. The Bertz CT molecular complexity index is 684. The summed E-state index contributed by atoms with van der Waals surface area (Å²) in [4.78, 5) is 11.8. The summed E-state index contributed by atoms with van der Waals surface area (Å²) < 4.78 is 5.34. The van der Waals surface area contributed by atoms with Gasteiger partial charge in [0.1, 0.15) is 11.5 Å². The molecule has 0 bridgehead atoms. The van der Waals surface area contributed by atoms with E-state index in [1.54, 1.807) is 18.2 Å². The van der Waals surface area contributed by atoms with Gasteiger partial charge in [-0.25, -0.2) is 5.43 Å². The number of hydrogen-bond donors (Lipinski definition) is 2. The molecule has 114 valence electrons. The molecule has 6 heteroatoms. The van der Waals surface area contributed by atoms with E-state index in [9.17, 15) is 4.79 Å². The van der Waals surface area contributed by atoms with Crippen molar-refractivity contribution in [3.05, 3.63) is 58.6 Å². The fraction of sp³-hybridized carbons (Fsp3) is 0.125. The number of halogens is 1. The van der Waals surface area contributed by atoms with E-state index in [4.69, 9.17) is 21.4 Å². The largest absolute Gasteiger partial charge is 0.508 e. The number of ether oxygens (including phenoxy) is 1. The number of hydrazone groups is 1. The smallest absolute Gasteiger partial charge is 0.271 e. The number of amides is 1. The Morgan fingerprint density at radius 1 is 1.32 bits per heavy atom. The van der Waals surface area contributed by atoms with Crippen LogP contribution in [0.5, 0.6) is 11.5 Å². The van der Waals surface area contributed by atoms with Gasteiger partial charge in [-0.1, -0.05) is 11.6 Å². The lowest BCUT2D eigenvalue weighted by atomic mass is 10.2. The Kier molecular flexibility index (Phi) is 5.38. The molecule has 0 unspecified atom stereocenters. The molecule has 0 radical (unpaired) electrons. The van der Waals surface area contributed by atoms with Crippen LogP contribution in [-0.4, -0.2) is 23.8 Å². The molecule has 0 fully saturated rings. The second kappa shape index (κ2) is 7.47. The normalized spacial score (nSPS) is 10.6. The molecule has 1 amide bonds. The minimum absolute atomic E-state index is 0.101. The molecule has 2 aromatic carbocycles. The first kappa shape index (κ1) is 15.9. The van der Waals surface area contributed by atoms with Crippen molar-refractivity contribution in [3.8, 4) is 11.5 Å². The summed E-state index contributed by atoms with van der Waals surface area (Å²) >= 11 is 6.06. The lowest BCUT2D eigenvalue weighted by molar-refractivity contribution is 0.0955. The summed E-state index contributed by atoms with van der Waals surface area (Å²) in [5.41, 5.74) is 3.54. The summed E-state index contributed by atoms with van der Waals surface area (Å²) in [5, 5.41) is 13.5. The second-order valence-electron chi connectivity index (χ2n) is 4.37. The third kappa shape index (κ3) is 4.23. The van der Waals surface area contributed by atoms with E-state index in [0.717, 1.165) is 5.56 Å². The maximum Gasteiger partial charge on any atom is 0.271 e. The van der Waals surface area contributed by atoms with Crippen LogP contribution in [0.2, 0.25) is 5.02 Å². The molecule has 2 rings (SSSR count). The van der Waals surface area contributed by atoms with Gasteiger partial charge in [0.25, 0.3) is 5.91 Å². The average Bonchev–Trinajstić information content (AvgIpc) is 2.50. The molecule has 0 heterocycles. The van der Waals surface area contributed by atoms with E-state index in [-0.39, 0.29) is 11.7 Å². The van der Waals surface area contributed by atoms with Crippen LogP contribution in [0.3, 0.4) is 0 Å². The highest BCUT2D eigenvalue weighted by atomic mass is 35.5. The van der Waals surface area contributed by atoms with Crippen LogP contribution in [0.25, 0.3) is 0 Å². The molecule has 0 aliphatic rings. The van der Waals surface area contributed by atoms with Crippen molar-refractivity contribution >= 4 is 23.7 Å².